The summed E-state index contributed by atoms with van der Waals surface area (Å²) in [5.41, 5.74) is -1.18. The van der Waals surface area contributed by atoms with E-state index in [9.17, 15) is 9.90 Å². The molecule has 23 heavy (non-hydrogen) atoms. The van der Waals surface area contributed by atoms with Gasteiger partial charge in [-0.3, -0.25) is 4.90 Å². The molecule has 2 bridgehead atoms. The van der Waals surface area contributed by atoms with Crippen molar-refractivity contribution in [3.05, 3.63) is 48.0 Å². The van der Waals surface area contributed by atoms with Crippen molar-refractivity contribution in [1.82, 2.24) is 4.90 Å². The van der Waals surface area contributed by atoms with E-state index in [1.54, 1.807) is 25.1 Å². The molecule has 3 heterocycles. The van der Waals surface area contributed by atoms with E-state index in [4.69, 9.17) is 4.74 Å². The number of allylic oxidation sites excluding steroid dienone is 1. The van der Waals surface area contributed by atoms with Crippen LogP contribution in [0, 0.1) is 5.92 Å². The van der Waals surface area contributed by atoms with Crippen molar-refractivity contribution in [2.75, 3.05) is 13.1 Å². The van der Waals surface area contributed by atoms with Gasteiger partial charge in [-0.1, -0.05) is 36.4 Å². The van der Waals surface area contributed by atoms with Crippen LogP contribution in [0.4, 0.5) is 0 Å². The van der Waals surface area contributed by atoms with E-state index in [1.807, 2.05) is 18.2 Å². The molecule has 3 aliphatic heterocycles. The number of nitrogens with zero attached hydrogens (tertiary/aromatic N) is 1. The summed E-state index contributed by atoms with van der Waals surface area (Å²) in [6.45, 7) is 6.06. The summed E-state index contributed by atoms with van der Waals surface area (Å²) >= 11 is 0. The van der Waals surface area contributed by atoms with Crippen LogP contribution in [0.25, 0.3) is 0 Å². The molecule has 3 saturated heterocycles. The van der Waals surface area contributed by atoms with Crippen molar-refractivity contribution in [1.29, 1.82) is 0 Å². The zero-order valence-electron chi connectivity index (χ0n) is 13.8. The van der Waals surface area contributed by atoms with E-state index in [2.05, 4.69) is 11.8 Å². The Bertz CT molecular complexity index is 576. The molecule has 1 N–H and O–H groups in total. The van der Waals surface area contributed by atoms with Crippen molar-refractivity contribution in [2.45, 2.75) is 44.4 Å². The minimum Gasteiger partial charge on any atom is -0.458 e. The number of esters is 1. The van der Waals surface area contributed by atoms with Gasteiger partial charge in [0.15, 0.2) is 0 Å². The predicted molar refractivity (Wildman–Crippen MR) is 88.8 cm³/mol. The molecule has 124 valence electrons. The van der Waals surface area contributed by atoms with Crippen molar-refractivity contribution in [3.8, 4) is 0 Å². The summed E-state index contributed by atoms with van der Waals surface area (Å²) < 4.78 is 5.83. The number of rotatable bonds is 4. The monoisotopic (exact) mass is 315 g/mol. The van der Waals surface area contributed by atoms with Gasteiger partial charge in [0, 0.05) is 6.04 Å². The average Bonchev–Trinajstić information content (AvgIpc) is 2.59. The van der Waals surface area contributed by atoms with Gasteiger partial charge in [-0.15, -0.1) is 0 Å². The standard InChI is InChI=1S/C19H25NO3/c1-3-11-19(22,16-7-5-4-6-8-16)18(21)23-17-14(2)20-12-9-15(17)10-13-20/h3-8,11,14-15,17,22H,9-10,12-13H2,1-2H3/b11-3+/t14-,17+,19?/m0/s1. The highest BCUT2D eigenvalue weighted by atomic mass is 16.6. The van der Waals surface area contributed by atoms with Crippen LogP contribution in [0.3, 0.4) is 0 Å². The minimum absolute atomic E-state index is 0.134. The number of benzene rings is 1. The molecule has 0 spiro atoms. The molecule has 0 amide bonds. The summed E-state index contributed by atoms with van der Waals surface area (Å²) in [5.74, 6) is -0.169. The lowest BCUT2D eigenvalue weighted by atomic mass is 9.81. The predicted octanol–water partition coefficient (Wildman–Crippen LogP) is 2.48. The Labute approximate surface area is 137 Å². The average molecular weight is 315 g/mol. The lowest BCUT2D eigenvalue weighted by Crippen LogP contribution is -2.58. The molecule has 1 unspecified atom stereocenters. The van der Waals surface area contributed by atoms with E-state index < -0.39 is 11.6 Å². The van der Waals surface area contributed by atoms with Gasteiger partial charge in [-0.05, 0) is 57.3 Å². The third-order valence-corrected chi connectivity index (χ3v) is 5.27. The molecule has 0 saturated carbocycles. The van der Waals surface area contributed by atoms with Crippen LogP contribution in [-0.2, 0) is 15.1 Å². The number of piperidine rings is 3. The molecule has 0 radical (unpaired) electrons. The van der Waals surface area contributed by atoms with Crippen molar-refractivity contribution < 1.29 is 14.6 Å². The summed E-state index contributed by atoms with van der Waals surface area (Å²) in [5, 5.41) is 11.0. The summed E-state index contributed by atoms with van der Waals surface area (Å²) in [7, 11) is 0. The highest BCUT2D eigenvalue weighted by Crippen LogP contribution is 2.36. The Kier molecular flexibility index (Phi) is 4.55. The first-order valence-electron chi connectivity index (χ1n) is 8.43. The highest BCUT2D eigenvalue weighted by molar-refractivity contribution is 5.83. The van der Waals surface area contributed by atoms with Gasteiger partial charge in [0.1, 0.15) is 6.10 Å². The van der Waals surface area contributed by atoms with Gasteiger partial charge in [-0.25, -0.2) is 4.79 Å². The van der Waals surface area contributed by atoms with Gasteiger partial charge in [0.05, 0.1) is 0 Å². The Morgan fingerprint density at radius 2 is 1.96 bits per heavy atom. The number of fused-ring (bicyclic) bond motifs is 3. The van der Waals surface area contributed by atoms with Crippen molar-refractivity contribution in [2.24, 2.45) is 5.92 Å². The first-order valence-corrected chi connectivity index (χ1v) is 8.43. The third-order valence-electron chi connectivity index (χ3n) is 5.27. The topological polar surface area (TPSA) is 49.8 Å². The second-order valence-corrected chi connectivity index (χ2v) is 6.62. The number of hydrogen-bond acceptors (Lipinski definition) is 4. The van der Waals surface area contributed by atoms with Crippen molar-refractivity contribution in [3.63, 3.8) is 0 Å². The van der Waals surface area contributed by atoms with E-state index >= 15 is 0 Å². The van der Waals surface area contributed by atoms with Gasteiger partial charge in [0.25, 0.3) is 0 Å². The lowest BCUT2D eigenvalue weighted by molar-refractivity contribution is -0.182. The Morgan fingerprint density at radius 3 is 2.52 bits per heavy atom. The molecule has 0 aliphatic carbocycles. The summed E-state index contributed by atoms with van der Waals surface area (Å²) in [4.78, 5) is 15.2. The fourth-order valence-corrected chi connectivity index (χ4v) is 3.88. The molecule has 3 aliphatic rings. The first kappa shape index (κ1) is 16.2. The molecular weight excluding hydrogens is 290 g/mol. The largest absolute Gasteiger partial charge is 0.458 e. The number of carbonyl (C=O) groups is 1. The third kappa shape index (κ3) is 2.93. The molecule has 0 aromatic heterocycles. The van der Waals surface area contributed by atoms with Crippen LogP contribution in [0.2, 0.25) is 0 Å². The second-order valence-electron chi connectivity index (χ2n) is 6.62. The molecule has 4 rings (SSSR count). The second kappa shape index (κ2) is 6.46. The Hall–Kier alpha value is -1.65. The van der Waals surface area contributed by atoms with Gasteiger partial charge < -0.3 is 9.84 Å². The fraction of sp³-hybridized carbons (Fsp3) is 0.526. The molecule has 4 nitrogen and oxygen atoms in total. The van der Waals surface area contributed by atoms with Crippen molar-refractivity contribution >= 4 is 5.97 Å². The van der Waals surface area contributed by atoms with Crippen LogP contribution >= 0.6 is 0 Å². The molecule has 3 fully saturated rings. The van der Waals surface area contributed by atoms with E-state index in [-0.39, 0.29) is 12.1 Å². The number of carbonyl (C=O) groups excluding carboxylic acids is 1. The molecule has 1 aromatic carbocycles. The smallest absolute Gasteiger partial charge is 0.347 e. The van der Waals surface area contributed by atoms with E-state index in [1.165, 1.54) is 6.08 Å². The number of ether oxygens (including phenoxy) is 1. The molecular formula is C19H25NO3. The maximum atomic E-state index is 12.8. The maximum absolute atomic E-state index is 12.8. The Balaban J connectivity index is 1.82. The Morgan fingerprint density at radius 1 is 1.30 bits per heavy atom. The van der Waals surface area contributed by atoms with Crippen LogP contribution in [0.15, 0.2) is 42.5 Å². The lowest BCUT2D eigenvalue weighted by Gasteiger charge is -2.49. The number of hydrogen-bond donors (Lipinski definition) is 1. The summed E-state index contributed by atoms with van der Waals surface area (Å²) in [6.07, 6.45) is 5.20. The van der Waals surface area contributed by atoms with Gasteiger partial charge >= 0.3 is 5.97 Å². The number of aliphatic hydroxyl groups is 1. The maximum Gasteiger partial charge on any atom is 0.347 e. The van der Waals surface area contributed by atoms with Crippen LogP contribution in [0.1, 0.15) is 32.3 Å². The zero-order valence-corrected chi connectivity index (χ0v) is 13.8. The van der Waals surface area contributed by atoms with Gasteiger partial charge in [0.2, 0.25) is 5.60 Å². The molecule has 4 heteroatoms. The van der Waals surface area contributed by atoms with E-state index in [0.29, 0.717) is 11.5 Å². The van der Waals surface area contributed by atoms with Crippen LogP contribution in [0.5, 0.6) is 0 Å². The molecule has 1 aromatic rings. The zero-order chi connectivity index (χ0) is 16.4. The first-order chi connectivity index (χ1) is 11.1. The fourth-order valence-electron chi connectivity index (χ4n) is 3.88. The van der Waals surface area contributed by atoms with Gasteiger partial charge in [-0.2, -0.15) is 0 Å². The SMILES string of the molecule is C/C=C/C(O)(C(=O)O[C@H]1C2CCN(CC2)[C@H]1C)c1ccccc1. The minimum atomic E-state index is -1.72. The quantitative estimate of drug-likeness (QED) is 0.685. The summed E-state index contributed by atoms with van der Waals surface area (Å²) in [6, 6.07) is 9.21. The van der Waals surface area contributed by atoms with E-state index in [0.717, 1.165) is 25.9 Å². The van der Waals surface area contributed by atoms with Crippen LogP contribution in [-0.4, -0.2) is 41.2 Å². The highest BCUT2D eigenvalue weighted by Gasteiger charge is 2.45. The molecule has 3 atom stereocenters. The van der Waals surface area contributed by atoms with Crippen LogP contribution < -0.4 is 0 Å². The normalized spacial score (nSPS) is 32.7.